The maximum Gasteiger partial charge on any atom is 0.319 e. The molecule has 0 spiro atoms. The number of nitrogens with zero attached hydrogens (tertiary/aromatic N) is 4. The van der Waals surface area contributed by atoms with Crippen LogP contribution in [-0.4, -0.2) is 66.7 Å². The Bertz CT molecular complexity index is 1080. The molecule has 0 bridgehead atoms. The van der Waals surface area contributed by atoms with Gasteiger partial charge in [0.05, 0.1) is 7.11 Å². The van der Waals surface area contributed by atoms with Crippen LogP contribution in [0.4, 0.5) is 15.6 Å². The van der Waals surface area contributed by atoms with E-state index in [4.69, 9.17) is 9.72 Å². The fraction of sp³-hybridized carbons (Fsp3) is 0.400. The van der Waals surface area contributed by atoms with E-state index in [0.717, 1.165) is 67.1 Å². The second kappa shape index (κ2) is 11.8. The molecule has 34 heavy (non-hydrogen) atoms. The number of methoxy groups -OCH3 is 1. The summed E-state index contributed by atoms with van der Waals surface area (Å²) in [4.78, 5) is 21.6. The normalized spacial score (nSPS) is 14.1. The monoisotopic (exact) mass is 480 g/mol. The van der Waals surface area contributed by atoms with Gasteiger partial charge in [0.1, 0.15) is 11.6 Å². The summed E-state index contributed by atoms with van der Waals surface area (Å²) in [6.07, 6.45) is 1.65. The number of rotatable bonds is 9. The molecule has 2 heterocycles. The van der Waals surface area contributed by atoms with Crippen LogP contribution in [0.5, 0.6) is 5.75 Å². The first-order chi connectivity index (χ1) is 16.6. The van der Waals surface area contributed by atoms with Gasteiger partial charge in [0.25, 0.3) is 0 Å². The number of anilines is 2. The molecule has 2 aromatic carbocycles. The first-order valence-corrected chi connectivity index (χ1v) is 12.5. The molecule has 1 fully saturated rings. The largest absolute Gasteiger partial charge is 0.497 e. The summed E-state index contributed by atoms with van der Waals surface area (Å²) in [5.74, 6) is 1.69. The molecule has 180 valence electrons. The topological polar surface area (TPSA) is 82.6 Å². The van der Waals surface area contributed by atoms with Crippen molar-refractivity contribution in [3.05, 3.63) is 65.5 Å². The van der Waals surface area contributed by atoms with Crippen LogP contribution >= 0.6 is 11.5 Å². The van der Waals surface area contributed by atoms with Gasteiger partial charge in [-0.15, -0.1) is 0 Å². The molecule has 3 aromatic rings. The number of hydrogen-bond acceptors (Lipinski definition) is 7. The van der Waals surface area contributed by atoms with Crippen molar-refractivity contribution in [1.82, 2.24) is 19.6 Å². The van der Waals surface area contributed by atoms with Gasteiger partial charge >= 0.3 is 6.03 Å². The summed E-state index contributed by atoms with van der Waals surface area (Å²) in [7, 11) is 1.68. The van der Waals surface area contributed by atoms with Crippen LogP contribution in [0.1, 0.15) is 23.9 Å². The average Bonchev–Trinajstić information content (AvgIpc) is 3.33. The third-order valence-electron chi connectivity index (χ3n) is 5.90. The van der Waals surface area contributed by atoms with Crippen molar-refractivity contribution in [2.45, 2.75) is 19.8 Å². The van der Waals surface area contributed by atoms with E-state index in [1.807, 2.05) is 36.4 Å². The molecule has 0 aliphatic carbocycles. The number of carbonyl (C=O) groups is 1. The van der Waals surface area contributed by atoms with Crippen molar-refractivity contribution < 1.29 is 9.53 Å². The first-order valence-electron chi connectivity index (χ1n) is 11.7. The molecule has 1 aliphatic rings. The zero-order valence-corrected chi connectivity index (χ0v) is 20.6. The lowest BCUT2D eigenvalue weighted by atomic mass is 10.1. The Kier molecular flexibility index (Phi) is 8.32. The number of urea groups is 1. The third-order valence-corrected chi connectivity index (χ3v) is 6.72. The summed E-state index contributed by atoms with van der Waals surface area (Å²) in [5, 5.41) is 6.85. The predicted molar refractivity (Wildman–Crippen MR) is 137 cm³/mol. The number of piperazine rings is 1. The fourth-order valence-corrected chi connectivity index (χ4v) is 4.68. The summed E-state index contributed by atoms with van der Waals surface area (Å²) in [6, 6.07) is 15.8. The van der Waals surface area contributed by atoms with E-state index in [-0.39, 0.29) is 6.03 Å². The van der Waals surface area contributed by atoms with E-state index >= 15 is 0 Å². The van der Waals surface area contributed by atoms with Crippen LogP contribution in [0.3, 0.4) is 0 Å². The zero-order valence-electron chi connectivity index (χ0n) is 19.8. The molecule has 0 radical (unpaired) electrons. The Balaban J connectivity index is 1.17. The molecule has 2 N–H and O–H groups in total. The fourth-order valence-electron chi connectivity index (χ4n) is 3.94. The van der Waals surface area contributed by atoms with Gasteiger partial charge in [-0.05, 0) is 41.8 Å². The Morgan fingerprint density at radius 3 is 2.68 bits per heavy atom. The number of aromatic nitrogens is 2. The molecular formula is C25H32N6O2S. The third kappa shape index (κ3) is 6.68. The molecule has 9 heteroatoms. The van der Waals surface area contributed by atoms with Crippen molar-refractivity contribution in [1.29, 1.82) is 0 Å². The number of nitrogens with one attached hydrogen (secondary N) is 2. The average molecular weight is 481 g/mol. The Morgan fingerprint density at radius 2 is 1.88 bits per heavy atom. The van der Waals surface area contributed by atoms with E-state index < -0.39 is 0 Å². The summed E-state index contributed by atoms with van der Waals surface area (Å²) in [6.45, 7) is 7.23. The Labute approximate surface area is 205 Å². The van der Waals surface area contributed by atoms with Gasteiger partial charge in [-0.2, -0.15) is 4.37 Å². The highest BCUT2D eigenvalue weighted by Crippen LogP contribution is 2.21. The van der Waals surface area contributed by atoms with Crippen LogP contribution in [0, 0.1) is 0 Å². The number of benzene rings is 2. The van der Waals surface area contributed by atoms with Crippen LogP contribution in [-0.2, 0) is 12.8 Å². The lowest BCUT2D eigenvalue weighted by Gasteiger charge is -2.34. The van der Waals surface area contributed by atoms with Crippen molar-refractivity contribution in [2.24, 2.45) is 0 Å². The second-order valence-corrected chi connectivity index (χ2v) is 9.02. The van der Waals surface area contributed by atoms with E-state index in [1.54, 1.807) is 7.11 Å². The molecule has 0 saturated carbocycles. The first kappa shape index (κ1) is 24.0. The van der Waals surface area contributed by atoms with Crippen LogP contribution in [0.15, 0.2) is 48.5 Å². The molecular weight excluding hydrogens is 448 g/mol. The zero-order chi connectivity index (χ0) is 23.8. The molecule has 1 aromatic heterocycles. The molecule has 2 amide bonds. The lowest BCUT2D eigenvalue weighted by Crippen LogP contribution is -2.48. The summed E-state index contributed by atoms with van der Waals surface area (Å²) in [5.41, 5.74) is 3.18. The lowest BCUT2D eigenvalue weighted by molar-refractivity contribution is 0.240. The number of hydrogen-bond donors (Lipinski definition) is 2. The Morgan fingerprint density at radius 1 is 1.09 bits per heavy atom. The quantitative estimate of drug-likeness (QED) is 0.487. The Hall–Kier alpha value is -3.17. The number of aryl methyl sites for hydroxylation is 1. The van der Waals surface area contributed by atoms with Crippen molar-refractivity contribution >= 4 is 28.4 Å². The minimum Gasteiger partial charge on any atom is -0.497 e. The molecule has 1 aliphatic heterocycles. The second-order valence-electron chi connectivity index (χ2n) is 8.29. The standard InChI is InChI=1S/C25H32N6O2S/c1-3-19-6-4-8-21(16-19)27-24(32)26-10-11-30-12-14-31(15-13-30)25-28-23(29-34-25)18-20-7-5-9-22(17-20)33-2/h4-9,16-17H,3,10-15,18H2,1-2H3,(H2,26,27,32). The minimum atomic E-state index is -0.163. The van der Waals surface area contributed by atoms with Gasteiger partial charge in [-0.1, -0.05) is 31.2 Å². The number of carbonyl (C=O) groups excluding carboxylic acids is 1. The molecule has 0 unspecified atom stereocenters. The number of amides is 2. The van der Waals surface area contributed by atoms with Gasteiger partial charge in [0, 0.05) is 62.9 Å². The van der Waals surface area contributed by atoms with E-state index in [9.17, 15) is 4.79 Å². The van der Waals surface area contributed by atoms with E-state index in [2.05, 4.69) is 43.9 Å². The maximum absolute atomic E-state index is 12.2. The van der Waals surface area contributed by atoms with Crippen molar-refractivity contribution in [3.8, 4) is 5.75 Å². The van der Waals surface area contributed by atoms with Crippen molar-refractivity contribution in [2.75, 3.05) is 56.6 Å². The van der Waals surface area contributed by atoms with E-state index in [1.165, 1.54) is 17.1 Å². The summed E-state index contributed by atoms with van der Waals surface area (Å²) >= 11 is 1.46. The maximum atomic E-state index is 12.2. The highest BCUT2D eigenvalue weighted by atomic mass is 32.1. The van der Waals surface area contributed by atoms with Crippen LogP contribution in [0.2, 0.25) is 0 Å². The number of ether oxygens (including phenoxy) is 1. The van der Waals surface area contributed by atoms with Crippen LogP contribution < -0.4 is 20.3 Å². The minimum absolute atomic E-state index is 0.163. The highest BCUT2D eigenvalue weighted by Gasteiger charge is 2.20. The SMILES string of the molecule is CCc1cccc(NC(=O)NCCN2CCN(c3nc(Cc4cccc(OC)c4)ns3)CC2)c1. The van der Waals surface area contributed by atoms with Crippen LogP contribution in [0.25, 0.3) is 0 Å². The van der Waals surface area contributed by atoms with Gasteiger partial charge in [-0.3, -0.25) is 4.90 Å². The predicted octanol–water partition coefficient (Wildman–Crippen LogP) is 3.64. The molecule has 1 saturated heterocycles. The van der Waals surface area contributed by atoms with Crippen molar-refractivity contribution in [3.63, 3.8) is 0 Å². The van der Waals surface area contributed by atoms with Gasteiger partial charge in [0.15, 0.2) is 0 Å². The molecule has 8 nitrogen and oxygen atoms in total. The van der Waals surface area contributed by atoms with Gasteiger partial charge in [0.2, 0.25) is 5.13 Å². The smallest absolute Gasteiger partial charge is 0.319 e. The van der Waals surface area contributed by atoms with E-state index in [0.29, 0.717) is 13.0 Å². The molecule has 0 atom stereocenters. The summed E-state index contributed by atoms with van der Waals surface area (Å²) < 4.78 is 9.86. The highest BCUT2D eigenvalue weighted by molar-refractivity contribution is 7.09. The van der Waals surface area contributed by atoms with Gasteiger partial charge in [-0.25, -0.2) is 9.78 Å². The van der Waals surface area contributed by atoms with Gasteiger partial charge < -0.3 is 20.3 Å². The molecule has 4 rings (SSSR count).